The Morgan fingerprint density at radius 1 is 1.25 bits per heavy atom. The molecule has 110 valence electrons. The Bertz CT molecular complexity index is 451. The van der Waals surface area contributed by atoms with Crippen molar-refractivity contribution in [3.63, 3.8) is 0 Å². The minimum atomic E-state index is -0.864. The van der Waals surface area contributed by atoms with Crippen molar-refractivity contribution >= 4 is 5.97 Å². The molecular formula is C16H23NO3. The number of benzene rings is 1. The lowest BCUT2D eigenvalue weighted by Gasteiger charge is -2.40. The minimum Gasteiger partial charge on any atom is -0.480 e. The summed E-state index contributed by atoms with van der Waals surface area (Å²) in [6.45, 7) is 6.50. The van der Waals surface area contributed by atoms with Gasteiger partial charge < -0.3 is 9.84 Å². The van der Waals surface area contributed by atoms with Crippen LogP contribution in [0.3, 0.4) is 0 Å². The maximum Gasteiger partial charge on any atom is 0.324 e. The Balaban J connectivity index is 2.16. The molecule has 0 saturated carbocycles. The highest BCUT2D eigenvalue weighted by Crippen LogP contribution is 2.23. The Hall–Kier alpha value is -1.39. The minimum absolute atomic E-state index is 0.520. The summed E-state index contributed by atoms with van der Waals surface area (Å²) in [5.41, 5.74) is 1.48. The lowest BCUT2D eigenvalue weighted by Crippen LogP contribution is -2.57. The van der Waals surface area contributed by atoms with Crippen molar-refractivity contribution in [2.75, 3.05) is 26.3 Å². The molecular weight excluding hydrogens is 254 g/mol. The highest BCUT2D eigenvalue weighted by atomic mass is 16.5. The first kappa shape index (κ1) is 15.0. The molecule has 20 heavy (non-hydrogen) atoms. The van der Waals surface area contributed by atoms with Crippen LogP contribution < -0.4 is 0 Å². The van der Waals surface area contributed by atoms with Gasteiger partial charge in [-0.25, -0.2) is 0 Å². The van der Waals surface area contributed by atoms with Crippen LogP contribution >= 0.6 is 0 Å². The third-order valence-electron chi connectivity index (χ3n) is 4.15. The van der Waals surface area contributed by atoms with E-state index in [0.29, 0.717) is 32.7 Å². The molecule has 1 aliphatic rings. The van der Waals surface area contributed by atoms with E-state index in [1.54, 1.807) is 0 Å². The average molecular weight is 277 g/mol. The van der Waals surface area contributed by atoms with Crippen molar-refractivity contribution in [3.05, 3.63) is 35.4 Å². The van der Waals surface area contributed by atoms with Gasteiger partial charge in [0, 0.05) is 19.5 Å². The summed E-state index contributed by atoms with van der Waals surface area (Å²) in [6, 6.07) is 8.24. The summed E-state index contributed by atoms with van der Waals surface area (Å²) >= 11 is 0. The number of aliphatic carboxylic acids is 1. The maximum atomic E-state index is 11.8. The third-order valence-corrected chi connectivity index (χ3v) is 4.15. The number of nitrogens with zero attached hydrogens (tertiary/aromatic N) is 1. The Kier molecular flexibility index (Phi) is 4.78. The van der Waals surface area contributed by atoms with Gasteiger partial charge >= 0.3 is 5.97 Å². The second-order valence-electron chi connectivity index (χ2n) is 5.53. The molecule has 1 aromatic rings. The molecule has 1 N–H and O–H groups in total. The van der Waals surface area contributed by atoms with Gasteiger partial charge in [0.05, 0.1) is 13.2 Å². The molecule has 2 rings (SSSR count). The van der Waals surface area contributed by atoms with Crippen LogP contribution in [0.5, 0.6) is 0 Å². The summed E-state index contributed by atoms with van der Waals surface area (Å²) in [4.78, 5) is 13.8. The van der Waals surface area contributed by atoms with E-state index in [-0.39, 0.29) is 0 Å². The first-order chi connectivity index (χ1) is 9.56. The second kappa shape index (κ2) is 6.37. The quantitative estimate of drug-likeness (QED) is 0.894. The van der Waals surface area contributed by atoms with Gasteiger partial charge in [0.1, 0.15) is 5.54 Å². The Morgan fingerprint density at radius 2 is 1.80 bits per heavy atom. The fourth-order valence-corrected chi connectivity index (χ4v) is 2.67. The second-order valence-corrected chi connectivity index (χ2v) is 5.53. The van der Waals surface area contributed by atoms with Crippen LogP contribution in [0.25, 0.3) is 0 Å². The van der Waals surface area contributed by atoms with Crippen LogP contribution in [0.15, 0.2) is 24.3 Å². The Labute approximate surface area is 120 Å². The zero-order chi connectivity index (χ0) is 14.6. The van der Waals surface area contributed by atoms with E-state index in [4.69, 9.17) is 4.74 Å². The van der Waals surface area contributed by atoms with Gasteiger partial charge in [0.25, 0.3) is 0 Å². The smallest absolute Gasteiger partial charge is 0.324 e. The summed E-state index contributed by atoms with van der Waals surface area (Å²) in [5.74, 6) is -0.765. The van der Waals surface area contributed by atoms with Gasteiger partial charge in [0.2, 0.25) is 0 Å². The highest BCUT2D eigenvalue weighted by molar-refractivity contribution is 5.78. The monoisotopic (exact) mass is 277 g/mol. The molecule has 4 heteroatoms. The highest BCUT2D eigenvalue weighted by Gasteiger charge is 2.40. The number of morpholine rings is 1. The Morgan fingerprint density at radius 3 is 2.30 bits per heavy atom. The van der Waals surface area contributed by atoms with Crippen LogP contribution in [0, 0.1) is 0 Å². The standard InChI is InChI=1S/C16H23NO3/c1-3-13-4-6-14(7-5-13)12-16(2,15(18)19)17-8-10-20-11-9-17/h4-7H,3,8-12H2,1-2H3,(H,18,19). The van der Waals surface area contributed by atoms with E-state index >= 15 is 0 Å². The first-order valence-electron chi connectivity index (χ1n) is 7.20. The molecule has 1 fully saturated rings. The average Bonchev–Trinajstić information content (AvgIpc) is 2.48. The van der Waals surface area contributed by atoms with E-state index in [9.17, 15) is 9.90 Å². The summed E-state index contributed by atoms with van der Waals surface area (Å²) in [6.07, 6.45) is 1.52. The summed E-state index contributed by atoms with van der Waals surface area (Å²) < 4.78 is 5.32. The molecule has 0 aromatic heterocycles. The molecule has 1 aliphatic heterocycles. The number of hydrogen-bond donors (Lipinski definition) is 1. The number of carboxylic acids is 1. The first-order valence-corrected chi connectivity index (χ1v) is 7.20. The van der Waals surface area contributed by atoms with Crippen LogP contribution in [0.2, 0.25) is 0 Å². The van der Waals surface area contributed by atoms with Gasteiger partial charge in [-0.15, -0.1) is 0 Å². The molecule has 1 heterocycles. The van der Waals surface area contributed by atoms with Crippen LogP contribution in [0.1, 0.15) is 25.0 Å². The molecule has 4 nitrogen and oxygen atoms in total. The van der Waals surface area contributed by atoms with Crippen molar-refractivity contribution in [3.8, 4) is 0 Å². The number of carbonyl (C=O) groups is 1. The zero-order valence-corrected chi connectivity index (χ0v) is 12.3. The van der Waals surface area contributed by atoms with E-state index in [1.165, 1.54) is 5.56 Å². The van der Waals surface area contributed by atoms with Crippen molar-refractivity contribution in [2.24, 2.45) is 0 Å². The topological polar surface area (TPSA) is 49.8 Å². The van der Waals surface area contributed by atoms with Crippen molar-refractivity contribution in [1.82, 2.24) is 4.90 Å². The molecule has 1 unspecified atom stereocenters. The van der Waals surface area contributed by atoms with Gasteiger partial charge in [-0.05, 0) is 24.5 Å². The molecule has 1 saturated heterocycles. The number of hydrogen-bond acceptors (Lipinski definition) is 3. The fraction of sp³-hybridized carbons (Fsp3) is 0.562. The lowest BCUT2D eigenvalue weighted by atomic mass is 9.90. The van der Waals surface area contributed by atoms with Gasteiger partial charge in [-0.2, -0.15) is 0 Å². The van der Waals surface area contributed by atoms with Crippen molar-refractivity contribution in [2.45, 2.75) is 32.2 Å². The number of carboxylic acid groups (broad SMARTS) is 1. The van der Waals surface area contributed by atoms with E-state index in [0.717, 1.165) is 12.0 Å². The van der Waals surface area contributed by atoms with E-state index in [1.807, 2.05) is 24.0 Å². The molecule has 0 bridgehead atoms. The number of aryl methyl sites for hydroxylation is 1. The zero-order valence-electron chi connectivity index (χ0n) is 12.3. The van der Waals surface area contributed by atoms with Crippen LogP contribution in [-0.2, 0) is 22.4 Å². The van der Waals surface area contributed by atoms with Crippen LogP contribution in [0.4, 0.5) is 0 Å². The van der Waals surface area contributed by atoms with Crippen molar-refractivity contribution in [1.29, 1.82) is 0 Å². The van der Waals surface area contributed by atoms with Gasteiger partial charge in [-0.1, -0.05) is 31.2 Å². The fourth-order valence-electron chi connectivity index (χ4n) is 2.67. The van der Waals surface area contributed by atoms with Gasteiger partial charge in [-0.3, -0.25) is 9.69 Å². The number of ether oxygens (including phenoxy) is 1. The number of rotatable bonds is 5. The molecule has 0 aliphatic carbocycles. The third kappa shape index (κ3) is 3.19. The largest absolute Gasteiger partial charge is 0.480 e. The van der Waals surface area contributed by atoms with Crippen molar-refractivity contribution < 1.29 is 14.6 Å². The summed E-state index contributed by atoms with van der Waals surface area (Å²) in [7, 11) is 0. The van der Waals surface area contributed by atoms with E-state index < -0.39 is 11.5 Å². The molecule has 0 amide bonds. The predicted molar refractivity (Wildman–Crippen MR) is 78.0 cm³/mol. The molecule has 0 spiro atoms. The van der Waals surface area contributed by atoms with Gasteiger partial charge in [0.15, 0.2) is 0 Å². The van der Waals surface area contributed by atoms with E-state index in [2.05, 4.69) is 19.1 Å². The summed E-state index contributed by atoms with van der Waals surface area (Å²) in [5, 5.41) is 9.66. The normalized spacial score (nSPS) is 19.5. The predicted octanol–water partition coefficient (Wildman–Crippen LogP) is 1.97. The lowest BCUT2D eigenvalue weighted by molar-refractivity contribution is -0.153. The molecule has 1 atom stereocenters. The van der Waals surface area contributed by atoms with Crippen LogP contribution in [-0.4, -0.2) is 47.8 Å². The maximum absolute atomic E-state index is 11.8. The molecule has 0 radical (unpaired) electrons. The SMILES string of the molecule is CCc1ccc(CC(C)(C(=O)O)N2CCOCC2)cc1. The molecule has 1 aromatic carbocycles.